The molecule has 0 aliphatic heterocycles. The quantitative estimate of drug-likeness (QED) is 0.319. The first-order chi connectivity index (χ1) is 18.5. The number of nitrogens with one attached hydrogen (secondary N) is 1. The lowest BCUT2D eigenvalue weighted by molar-refractivity contribution is -0.127. The highest BCUT2D eigenvalue weighted by Crippen LogP contribution is 2.31. The summed E-state index contributed by atoms with van der Waals surface area (Å²) in [5.74, 6) is -1.11. The molecule has 1 aliphatic rings. The van der Waals surface area contributed by atoms with Crippen molar-refractivity contribution in [3.05, 3.63) is 76.5 Å². The maximum Gasteiger partial charge on any atom is 0.338 e. The molecule has 4 aromatic rings. The molecule has 5 rings (SSSR count). The molecule has 9 nitrogen and oxygen atoms in total. The smallest absolute Gasteiger partial charge is 0.338 e. The second-order valence-electron chi connectivity index (χ2n) is 9.22. The molecule has 0 saturated heterocycles. The number of nitrogens with zero attached hydrogens (tertiary/aromatic N) is 4. The Morgan fingerprint density at radius 3 is 2.71 bits per heavy atom. The second-order valence-corrected chi connectivity index (χ2v) is 10.00. The molecule has 2 aromatic carbocycles. The molecule has 38 heavy (non-hydrogen) atoms. The van der Waals surface area contributed by atoms with Crippen molar-refractivity contribution in [2.75, 3.05) is 11.5 Å². The first-order valence-corrected chi connectivity index (χ1v) is 13.7. The fourth-order valence-corrected chi connectivity index (χ4v) is 5.55. The number of thiophene rings is 1. The number of ether oxygens (including phenoxy) is 1. The number of hydrogen-bond donors (Lipinski definition) is 1. The SMILES string of the molecule is CCOC(=O)c1cccc(N(C(=O)Cn2nnc3ccccc32)C(C(=O)NC2CCCC2)c2ccsc2)c1. The molecule has 1 saturated carbocycles. The van der Waals surface area contributed by atoms with Crippen molar-refractivity contribution in [3.63, 3.8) is 0 Å². The van der Waals surface area contributed by atoms with Crippen molar-refractivity contribution in [1.82, 2.24) is 20.3 Å². The monoisotopic (exact) mass is 531 g/mol. The number of amides is 2. The molecule has 0 spiro atoms. The van der Waals surface area contributed by atoms with Crippen LogP contribution in [0.1, 0.15) is 54.6 Å². The minimum atomic E-state index is -0.929. The van der Waals surface area contributed by atoms with E-state index in [2.05, 4.69) is 15.6 Å². The number of carbonyl (C=O) groups excluding carboxylic acids is 3. The van der Waals surface area contributed by atoms with Gasteiger partial charge in [-0.3, -0.25) is 14.5 Å². The summed E-state index contributed by atoms with van der Waals surface area (Å²) in [6.45, 7) is 1.83. The van der Waals surface area contributed by atoms with E-state index in [4.69, 9.17) is 4.74 Å². The maximum atomic E-state index is 14.1. The van der Waals surface area contributed by atoms with E-state index >= 15 is 0 Å². The number of para-hydroxylation sites is 1. The summed E-state index contributed by atoms with van der Waals surface area (Å²) < 4.78 is 6.71. The lowest BCUT2D eigenvalue weighted by Gasteiger charge is -2.32. The molecule has 2 aromatic heterocycles. The van der Waals surface area contributed by atoms with Crippen LogP contribution in [0.5, 0.6) is 0 Å². The van der Waals surface area contributed by atoms with E-state index in [0.29, 0.717) is 27.8 Å². The van der Waals surface area contributed by atoms with Crippen molar-refractivity contribution < 1.29 is 19.1 Å². The zero-order valence-corrected chi connectivity index (χ0v) is 21.9. The van der Waals surface area contributed by atoms with Crippen molar-refractivity contribution in [2.45, 2.75) is 51.2 Å². The lowest BCUT2D eigenvalue weighted by Crippen LogP contribution is -2.47. The number of esters is 1. The van der Waals surface area contributed by atoms with Crippen molar-refractivity contribution in [3.8, 4) is 0 Å². The number of fused-ring (bicyclic) bond motifs is 1. The highest BCUT2D eigenvalue weighted by molar-refractivity contribution is 7.08. The molecule has 2 heterocycles. The summed E-state index contributed by atoms with van der Waals surface area (Å²) in [6, 6.07) is 15.0. The molecule has 1 atom stereocenters. The van der Waals surface area contributed by atoms with Gasteiger partial charge in [0.1, 0.15) is 18.1 Å². The highest BCUT2D eigenvalue weighted by atomic mass is 32.1. The van der Waals surface area contributed by atoms with E-state index in [1.165, 1.54) is 20.9 Å². The van der Waals surface area contributed by atoms with Crippen LogP contribution in [0.4, 0.5) is 5.69 Å². The summed E-state index contributed by atoms with van der Waals surface area (Å²) in [7, 11) is 0. The molecule has 0 bridgehead atoms. The predicted molar refractivity (Wildman–Crippen MR) is 145 cm³/mol. The van der Waals surface area contributed by atoms with E-state index in [1.807, 2.05) is 41.1 Å². The normalized spacial score (nSPS) is 14.3. The van der Waals surface area contributed by atoms with Gasteiger partial charge in [-0.25, -0.2) is 9.48 Å². The Hall–Kier alpha value is -4.05. The third kappa shape index (κ3) is 5.45. The van der Waals surface area contributed by atoms with E-state index < -0.39 is 12.0 Å². The van der Waals surface area contributed by atoms with E-state index in [9.17, 15) is 14.4 Å². The number of rotatable bonds is 9. The molecule has 2 amide bonds. The fraction of sp³-hybridized carbons (Fsp3) is 0.321. The summed E-state index contributed by atoms with van der Waals surface area (Å²) >= 11 is 1.45. The summed E-state index contributed by atoms with van der Waals surface area (Å²) in [5, 5.41) is 15.3. The van der Waals surface area contributed by atoms with Gasteiger partial charge >= 0.3 is 5.97 Å². The molecule has 1 aliphatic carbocycles. The Morgan fingerprint density at radius 2 is 1.95 bits per heavy atom. The first-order valence-electron chi connectivity index (χ1n) is 12.7. The van der Waals surface area contributed by atoms with Gasteiger partial charge in [0.05, 0.1) is 17.7 Å². The molecule has 0 radical (unpaired) electrons. The van der Waals surface area contributed by atoms with Gasteiger partial charge in [-0.15, -0.1) is 5.10 Å². The average molecular weight is 532 g/mol. The van der Waals surface area contributed by atoms with Gasteiger partial charge in [0, 0.05) is 11.7 Å². The average Bonchev–Trinajstić information content (AvgIpc) is 3.71. The molecular weight excluding hydrogens is 502 g/mol. The third-order valence-corrected chi connectivity index (χ3v) is 7.38. The van der Waals surface area contributed by atoms with Gasteiger partial charge in [0.2, 0.25) is 11.8 Å². The Bertz CT molecular complexity index is 1430. The minimum absolute atomic E-state index is 0.0747. The fourth-order valence-electron chi connectivity index (χ4n) is 4.87. The van der Waals surface area contributed by atoms with Crippen LogP contribution in [-0.4, -0.2) is 45.4 Å². The van der Waals surface area contributed by atoms with Crippen LogP contribution in [-0.2, 0) is 20.9 Å². The van der Waals surface area contributed by atoms with Crippen LogP contribution >= 0.6 is 11.3 Å². The Labute approximate surface area is 224 Å². The minimum Gasteiger partial charge on any atom is -0.462 e. The molecule has 1 N–H and O–H groups in total. The zero-order chi connectivity index (χ0) is 26.5. The van der Waals surface area contributed by atoms with Gasteiger partial charge in [-0.05, 0) is 72.5 Å². The molecule has 196 valence electrons. The highest BCUT2D eigenvalue weighted by Gasteiger charge is 2.35. The van der Waals surface area contributed by atoms with E-state index in [-0.39, 0.29) is 31.0 Å². The van der Waals surface area contributed by atoms with E-state index in [1.54, 1.807) is 31.2 Å². The number of aromatic nitrogens is 3. The topological polar surface area (TPSA) is 106 Å². The molecule has 10 heteroatoms. The van der Waals surface area contributed by atoms with Crippen LogP contribution in [0.2, 0.25) is 0 Å². The largest absolute Gasteiger partial charge is 0.462 e. The predicted octanol–water partition coefficient (Wildman–Crippen LogP) is 4.50. The van der Waals surface area contributed by atoms with Crippen molar-refractivity contribution >= 4 is 45.8 Å². The molecular formula is C28H29N5O4S. The van der Waals surface area contributed by atoms with Gasteiger partial charge in [-0.2, -0.15) is 11.3 Å². The van der Waals surface area contributed by atoms with Gasteiger partial charge in [-0.1, -0.05) is 36.3 Å². The van der Waals surface area contributed by atoms with Crippen LogP contribution in [0, 0.1) is 0 Å². The van der Waals surface area contributed by atoms with Crippen molar-refractivity contribution in [2.24, 2.45) is 0 Å². The number of anilines is 1. The van der Waals surface area contributed by atoms with Gasteiger partial charge < -0.3 is 10.1 Å². The molecule has 1 unspecified atom stereocenters. The molecule has 1 fully saturated rings. The van der Waals surface area contributed by atoms with Crippen LogP contribution in [0.15, 0.2) is 65.4 Å². The van der Waals surface area contributed by atoms with Crippen molar-refractivity contribution in [1.29, 1.82) is 0 Å². The Morgan fingerprint density at radius 1 is 1.13 bits per heavy atom. The van der Waals surface area contributed by atoms with Crippen LogP contribution in [0.3, 0.4) is 0 Å². The summed E-state index contributed by atoms with van der Waals surface area (Å²) in [4.78, 5) is 41.9. The number of benzene rings is 2. The maximum absolute atomic E-state index is 14.1. The first kappa shape index (κ1) is 25.6. The standard InChI is InChI=1S/C28H29N5O4S/c1-2-37-28(36)19-8-7-11-22(16-19)33(25(34)17-32-24-13-6-5-12-23(24)30-31-32)26(20-14-15-38-18-20)27(35)29-21-9-3-4-10-21/h5-8,11-16,18,21,26H,2-4,9-10,17H2,1H3,(H,29,35). The van der Waals surface area contributed by atoms with Crippen LogP contribution < -0.4 is 10.2 Å². The number of carbonyl (C=O) groups is 3. The third-order valence-electron chi connectivity index (χ3n) is 6.68. The number of hydrogen-bond acceptors (Lipinski definition) is 7. The Kier molecular flexibility index (Phi) is 7.78. The Balaban J connectivity index is 1.56. The summed E-state index contributed by atoms with van der Waals surface area (Å²) in [5.41, 5.74) is 2.80. The summed E-state index contributed by atoms with van der Waals surface area (Å²) in [6.07, 6.45) is 3.97. The van der Waals surface area contributed by atoms with Crippen LogP contribution in [0.25, 0.3) is 11.0 Å². The van der Waals surface area contributed by atoms with E-state index in [0.717, 1.165) is 25.7 Å². The lowest BCUT2D eigenvalue weighted by atomic mass is 10.0. The second kappa shape index (κ2) is 11.6. The van der Waals surface area contributed by atoms with Gasteiger partial charge in [0.15, 0.2) is 0 Å². The van der Waals surface area contributed by atoms with Gasteiger partial charge in [0.25, 0.3) is 0 Å². The zero-order valence-electron chi connectivity index (χ0n) is 21.1.